The third kappa shape index (κ3) is 1.72. The Balaban J connectivity index is 2.87. The Morgan fingerprint density at radius 2 is 2.58 bits per heavy atom. The lowest BCUT2D eigenvalue weighted by Gasteiger charge is -2.05. The van der Waals surface area contributed by atoms with Crippen LogP contribution in [-0.2, 0) is 9.53 Å². The summed E-state index contributed by atoms with van der Waals surface area (Å²) in [6.45, 7) is 0. The van der Waals surface area contributed by atoms with Crippen LogP contribution in [0, 0.1) is 0 Å². The summed E-state index contributed by atoms with van der Waals surface area (Å²) in [6, 6.07) is 0. The van der Waals surface area contributed by atoms with Crippen LogP contribution in [0.5, 0.6) is 0 Å². The molecule has 1 aromatic heterocycles. The van der Waals surface area contributed by atoms with Gasteiger partial charge >= 0.3 is 5.97 Å². The van der Waals surface area contributed by atoms with Gasteiger partial charge in [0.15, 0.2) is 11.2 Å². The summed E-state index contributed by atoms with van der Waals surface area (Å²) in [5.74, 6) is -1.07. The average Bonchev–Trinajstić information content (AvgIpc) is 2.37. The summed E-state index contributed by atoms with van der Waals surface area (Å²) in [4.78, 5) is 14.3. The van der Waals surface area contributed by atoms with Gasteiger partial charge in [0.2, 0.25) is 0 Å². The van der Waals surface area contributed by atoms with Crippen molar-refractivity contribution in [2.45, 2.75) is 6.10 Å². The van der Waals surface area contributed by atoms with E-state index in [1.807, 2.05) is 0 Å². The Hall–Kier alpha value is -1.14. The molecule has 0 radical (unpaired) electrons. The standard InChI is InChI=1S/C6H8N2O3S/c1-11-4(5(9)10)3-2-12-6(7)8-3/h2,4H,1H3,(H2,7,8)(H,9,10). The van der Waals surface area contributed by atoms with Gasteiger partial charge in [0.1, 0.15) is 0 Å². The number of rotatable bonds is 3. The first kappa shape index (κ1) is 8.95. The Morgan fingerprint density at radius 1 is 1.92 bits per heavy atom. The van der Waals surface area contributed by atoms with Crippen LogP contribution >= 0.6 is 11.3 Å². The molecule has 0 aliphatic carbocycles. The molecule has 0 saturated heterocycles. The summed E-state index contributed by atoms with van der Waals surface area (Å²) >= 11 is 1.19. The highest BCUT2D eigenvalue weighted by atomic mass is 32.1. The minimum absolute atomic E-state index is 0.340. The summed E-state index contributed by atoms with van der Waals surface area (Å²) in [5, 5.41) is 10.5. The van der Waals surface area contributed by atoms with Crippen LogP contribution in [0.25, 0.3) is 0 Å². The molecule has 0 bridgehead atoms. The third-order valence-electron chi connectivity index (χ3n) is 1.27. The highest BCUT2D eigenvalue weighted by Crippen LogP contribution is 2.20. The third-order valence-corrected chi connectivity index (χ3v) is 1.96. The Labute approximate surface area is 72.8 Å². The fourth-order valence-electron chi connectivity index (χ4n) is 0.769. The number of ether oxygens (including phenoxy) is 1. The minimum atomic E-state index is -1.07. The zero-order chi connectivity index (χ0) is 9.14. The van der Waals surface area contributed by atoms with Gasteiger partial charge in [-0.2, -0.15) is 0 Å². The van der Waals surface area contributed by atoms with Gasteiger partial charge in [-0.1, -0.05) is 0 Å². The predicted octanol–water partition coefficient (Wildman–Crippen LogP) is 0.497. The van der Waals surface area contributed by atoms with Crippen molar-refractivity contribution in [2.24, 2.45) is 0 Å². The SMILES string of the molecule is COC(C(=O)O)c1csc(N)n1. The molecule has 0 aromatic carbocycles. The highest BCUT2D eigenvalue weighted by Gasteiger charge is 2.21. The van der Waals surface area contributed by atoms with Crippen LogP contribution < -0.4 is 5.73 Å². The second-order valence-corrected chi connectivity index (χ2v) is 2.95. The molecular formula is C6H8N2O3S. The number of thiazole rings is 1. The van der Waals surface area contributed by atoms with Crippen molar-refractivity contribution in [3.8, 4) is 0 Å². The van der Waals surface area contributed by atoms with Crippen LogP contribution in [0.3, 0.4) is 0 Å². The molecule has 0 spiro atoms. The first-order valence-electron chi connectivity index (χ1n) is 3.11. The monoisotopic (exact) mass is 188 g/mol. The Morgan fingerprint density at radius 3 is 2.92 bits per heavy atom. The van der Waals surface area contributed by atoms with Crippen LogP contribution in [0.2, 0.25) is 0 Å². The zero-order valence-electron chi connectivity index (χ0n) is 6.35. The lowest BCUT2D eigenvalue weighted by Crippen LogP contribution is -2.13. The Bertz CT molecular complexity index is 286. The van der Waals surface area contributed by atoms with Gasteiger partial charge < -0.3 is 15.6 Å². The van der Waals surface area contributed by atoms with Crippen LogP contribution in [0.15, 0.2) is 5.38 Å². The number of carboxylic acids is 1. The molecule has 0 fully saturated rings. The van der Waals surface area contributed by atoms with Crippen molar-refractivity contribution in [1.29, 1.82) is 0 Å². The topological polar surface area (TPSA) is 85.4 Å². The van der Waals surface area contributed by atoms with Gasteiger partial charge in [-0.15, -0.1) is 11.3 Å². The highest BCUT2D eigenvalue weighted by molar-refractivity contribution is 7.13. The molecule has 1 rings (SSSR count). The zero-order valence-corrected chi connectivity index (χ0v) is 7.17. The number of nitrogens with zero attached hydrogens (tertiary/aromatic N) is 1. The number of nitrogens with two attached hydrogens (primary N) is 1. The van der Waals surface area contributed by atoms with E-state index in [1.54, 1.807) is 5.38 Å². The van der Waals surface area contributed by atoms with Gasteiger partial charge in [-0.3, -0.25) is 0 Å². The number of hydrogen-bond acceptors (Lipinski definition) is 5. The number of anilines is 1. The molecule has 66 valence electrons. The van der Waals surface area contributed by atoms with Gasteiger partial charge in [0.25, 0.3) is 0 Å². The number of carbonyl (C=O) groups is 1. The molecule has 0 amide bonds. The first-order chi connectivity index (χ1) is 5.65. The average molecular weight is 188 g/mol. The van der Waals surface area contributed by atoms with Crippen LogP contribution in [0.1, 0.15) is 11.8 Å². The van der Waals surface area contributed by atoms with E-state index in [2.05, 4.69) is 4.98 Å². The maximum Gasteiger partial charge on any atom is 0.339 e. The maximum atomic E-state index is 10.5. The molecule has 1 atom stereocenters. The van der Waals surface area contributed by atoms with Gasteiger partial charge in [-0.25, -0.2) is 9.78 Å². The molecule has 1 heterocycles. The normalized spacial score (nSPS) is 12.8. The van der Waals surface area contributed by atoms with E-state index in [1.165, 1.54) is 18.4 Å². The lowest BCUT2D eigenvalue weighted by atomic mass is 10.3. The quantitative estimate of drug-likeness (QED) is 0.721. The van der Waals surface area contributed by atoms with Gasteiger partial charge in [0.05, 0.1) is 5.69 Å². The van der Waals surface area contributed by atoms with E-state index >= 15 is 0 Å². The summed E-state index contributed by atoms with van der Waals surface area (Å²) in [6.07, 6.45) is -1.02. The molecular weight excluding hydrogens is 180 g/mol. The summed E-state index contributed by atoms with van der Waals surface area (Å²) < 4.78 is 4.70. The number of methoxy groups -OCH3 is 1. The first-order valence-corrected chi connectivity index (χ1v) is 3.99. The summed E-state index contributed by atoms with van der Waals surface area (Å²) in [7, 11) is 1.31. The van der Waals surface area contributed by atoms with E-state index in [0.717, 1.165) is 0 Å². The van der Waals surface area contributed by atoms with E-state index in [9.17, 15) is 4.79 Å². The molecule has 1 unspecified atom stereocenters. The smallest absolute Gasteiger partial charge is 0.339 e. The molecule has 3 N–H and O–H groups in total. The predicted molar refractivity (Wildman–Crippen MR) is 43.9 cm³/mol. The van der Waals surface area contributed by atoms with Crippen molar-refractivity contribution < 1.29 is 14.6 Å². The van der Waals surface area contributed by atoms with Crippen molar-refractivity contribution in [2.75, 3.05) is 12.8 Å². The van der Waals surface area contributed by atoms with Gasteiger partial charge in [-0.05, 0) is 0 Å². The second kappa shape index (κ2) is 3.51. The van der Waals surface area contributed by atoms with E-state index in [4.69, 9.17) is 15.6 Å². The van der Waals surface area contributed by atoms with Crippen molar-refractivity contribution >= 4 is 22.4 Å². The molecule has 0 aliphatic heterocycles. The van der Waals surface area contributed by atoms with Crippen molar-refractivity contribution in [3.05, 3.63) is 11.1 Å². The van der Waals surface area contributed by atoms with Gasteiger partial charge in [0, 0.05) is 12.5 Å². The minimum Gasteiger partial charge on any atom is -0.479 e. The van der Waals surface area contributed by atoms with Crippen molar-refractivity contribution in [3.63, 3.8) is 0 Å². The maximum absolute atomic E-state index is 10.5. The second-order valence-electron chi connectivity index (χ2n) is 2.06. The number of aliphatic carboxylic acids is 1. The molecule has 0 aliphatic rings. The molecule has 5 nitrogen and oxygen atoms in total. The van der Waals surface area contributed by atoms with E-state index < -0.39 is 12.1 Å². The van der Waals surface area contributed by atoms with E-state index in [0.29, 0.717) is 10.8 Å². The number of hydrogen-bond donors (Lipinski definition) is 2. The Kier molecular flexibility index (Phi) is 2.61. The van der Waals surface area contributed by atoms with Crippen molar-refractivity contribution in [1.82, 2.24) is 4.98 Å². The molecule has 1 aromatic rings. The van der Waals surface area contributed by atoms with Crippen LogP contribution in [0.4, 0.5) is 5.13 Å². The molecule has 6 heteroatoms. The number of nitrogen functional groups attached to an aromatic ring is 1. The molecule has 12 heavy (non-hydrogen) atoms. The fourth-order valence-corrected chi connectivity index (χ4v) is 1.35. The molecule has 0 saturated carbocycles. The lowest BCUT2D eigenvalue weighted by molar-refractivity contribution is -0.149. The largest absolute Gasteiger partial charge is 0.479 e. The van der Waals surface area contributed by atoms with E-state index in [-0.39, 0.29) is 0 Å². The van der Waals surface area contributed by atoms with Crippen LogP contribution in [-0.4, -0.2) is 23.2 Å². The number of aromatic nitrogens is 1. The number of carboxylic acid groups (broad SMARTS) is 1. The summed E-state index contributed by atoms with van der Waals surface area (Å²) in [5.41, 5.74) is 5.67. The fraction of sp³-hybridized carbons (Fsp3) is 0.333.